The summed E-state index contributed by atoms with van der Waals surface area (Å²) in [5.74, 6) is 0.506. The molecule has 0 aliphatic heterocycles. The first-order valence-electron chi connectivity index (χ1n) is 7.70. The van der Waals surface area contributed by atoms with Crippen LogP contribution in [0.15, 0.2) is 29.4 Å². The van der Waals surface area contributed by atoms with Gasteiger partial charge in [0.25, 0.3) is 0 Å². The maximum atomic E-state index is 13.4. The molecule has 0 bridgehead atoms. The molecule has 0 fully saturated rings. The molecule has 1 aromatic carbocycles. The van der Waals surface area contributed by atoms with Crippen molar-refractivity contribution in [1.82, 2.24) is 15.6 Å². The molecule has 0 aliphatic rings. The summed E-state index contributed by atoms with van der Waals surface area (Å²) in [4.78, 5) is 7.36. The van der Waals surface area contributed by atoms with Crippen LogP contribution in [-0.4, -0.2) is 43.8 Å². The van der Waals surface area contributed by atoms with E-state index in [1.165, 1.54) is 6.07 Å². The second kappa shape index (κ2) is 9.22. The Morgan fingerprint density at radius 3 is 2.75 bits per heavy atom. The molecule has 0 amide bonds. The van der Waals surface area contributed by atoms with Gasteiger partial charge in [-0.25, -0.2) is 4.39 Å². The van der Waals surface area contributed by atoms with Gasteiger partial charge in [0, 0.05) is 44.3 Å². The highest BCUT2D eigenvalue weighted by molar-refractivity contribution is 14.0. The Balaban J connectivity index is 0.00000288. The number of nitrogens with one attached hydrogen (secondary N) is 3. The number of guanidine groups is 1. The van der Waals surface area contributed by atoms with Gasteiger partial charge in [0.15, 0.2) is 5.96 Å². The number of benzene rings is 1. The van der Waals surface area contributed by atoms with Crippen LogP contribution in [0, 0.1) is 5.82 Å². The van der Waals surface area contributed by atoms with Crippen LogP contribution in [-0.2, 0) is 11.2 Å². The average Bonchev–Trinajstić information content (AvgIpc) is 2.93. The molecule has 134 valence electrons. The second-order valence-corrected chi connectivity index (χ2v) is 6.07. The Hall–Kier alpha value is -1.35. The molecule has 1 heterocycles. The fourth-order valence-corrected chi connectivity index (χ4v) is 2.26. The summed E-state index contributed by atoms with van der Waals surface area (Å²) in [6.45, 7) is 5.37. The van der Waals surface area contributed by atoms with Crippen molar-refractivity contribution >= 4 is 40.8 Å². The van der Waals surface area contributed by atoms with Crippen molar-refractivity contribution in [3.05, 3.63) is 35.8 Å². The van der Waals surface area contributed by atoms with Crippen molar-refractivity contribution in [2.75, 3.05) is 27.2 Å². The summed E-state index contributed by atoms with van der Waals surface area (Å²) in [5.41, 5.74) is 1.77. The van der Waals surface area contributed by atoms with E-state index >= 15 is 0 Å². The van der Waals surface area contributed by atoms with E-state index in [-0.39, 0.29) is 35.4 Å². The lowest BCUT2D eigenvalue weighted by atomic mass is 10.1. The Labute approximate surface area is 159 Å². The van der Waals surface area contributed by atoms with Crippen molar-refractivity contribution in [3.8, 4) is 0 Å². The Morgan fingerprint density at radius 1 is 1.33 bits per heavy atom. The summed E-state index contributed by atoms with van der Waals surface area (Å²) in [5, 5.41) is 7.42. The topological polar surface area (TPSA) is 61.4 Å². The quantitative estimate of drug-likeness (QED) is 0.362. The first kappa shape index (κ1) is 20.7. The number of nitrogens with zero attached hydrogens (tertiary/aromatic N) is 1. The minimum Gasteiger partial charge on any atom is -0.377 e. The molecular weight excluding hydrogens is 422 g/mol. The van der Waals surface area contributed by atoms with Gasteiger partial charge in [0.1, 0.15) is 5.82 Å². The summed E-state index contributed by atoms with van der Waals surface area (Å²) < 4.78 is 18.7. The molecule has 2 aromatic rings. The molecule has 5 nitrogen and oxygen atoms in total. The van der Waals surface area contributed by atoms with Gasteiger partial charge in [0.2, 0.25) is 0 Å². The number of aliphatic imine (C=N–C) groups is 1. The molecule has 0 radical (unpaired) electrons. The lowest BCUT2D eigenvalue weighted by Gasteiger charge is -2.24. The predicted octanol–water partition coefficient (Wildman–Crippen LogP) is 3.06. The highest BCUT2D eigenvalue weighted by Gasteiger charge is 2.16. The van der Waals surface area contributed by atoms with E-state index in [1.807, 2.05) is 20.0 Å². The summed E-state index contributed by atoms with van der Waals surface area (Å²) in [7, 11) is 3.42. The van der Waals surface area contributed by atoms with E-state index < -0.39 is 0 Å². The normalized spacial score (nSPS) is 12.1. The number of rotatable bonds is 6. The summed E-state index contributed by atoms with van der Waals surface area (Å²) in [6, 6.07) is 4.79. The molecule has 24 heavy (non-hydrogen) atoms. The number of methoxy groups -OCH3 is 1. The number of hydrogen-bond acceptors (Lipinski definition) is 2. The van der Waals surface area contributed by atoms with Gasteiger partial charge >= 0.3 is 0 Å². The number of halogens is 2. The van der Waals surface area contributed by atoms with Gasteiger partial charge < -0.3 is 20.4 Å². The highest BCUT2D eigenvalue weighted by atomic mass is 127. The molecule has 1 aromatic heterocycles. The first-order valence-corrected chi connectivity index (χ1v) is 7.70. The molecule has 7 heteroatoms. The SMILES string of the molecule is CN=C(NCCc1c[nH]c2ccc(F)cc12)NCC(C)(C)OC.I. The second-order valence-electron chi connectivity index (χ2n) is 6.07. The maximum absolute atomic E-state index is 13.4. The van der Waals surface area contributed by atoms with Crippen LogP contribution in [0.1, 0.15) is 19.4 Å². The molecule has 0 aliphatic carbocycles. The van der Waals surface area contributed by atoms with E-state index in [9.17, 15) is 4.39 Å². The average molecular weight is 448 g/mol. The highest BCUT2D eigenvalue weighted by Crippen LogP contribution is 2.19. The maximum Gasteiger partial charge on any atom is 0.191 e. The molecule has 0 atom stereocenters. The minimum atomic E-state index is -0.258. The van der Waals surface area contributed by atoms with Crippen molar-refractivity contribution < 1.29 is 9.13 Å². The van der Waals surface area contributed by atoms with Crippen LogP contribution in [0.5, 0.6) is 0 Å². The Kier molecular flexibility index (Phi) is 7.95. The van der Waals surface area contributed by atoms with Crippen molar-refractivity contribution in [3.63, 3.8) is 0 Å². The zero-order valence-corrected chi connectivity index (χ0v) is 16.9. The van der Waals surface area contributed by atoms with Crippen molar-refractivity contribution in [1.29, 1.82) is 0 Å². The van der Waals surface area contributed by atoms with E-state index in [2.05, 4.69) is 20.6 Å². The zero-order chi connectivity index (χ0) is 16.9. The fraction of sp³-hybridized carbons (Fsp3) is 0.471. The molecule has 3 N–H and O–H groups in total. The van der Waals surface area contributed by atoms with E-state index in [0.717, 1.165) is 28.8 Å². The van der Waals surface area contributed by atoms with Gasteiger partial charge in [-0.15, -0.1) is 24.0 Å². The number of H-pyrrole nitrogens is 1. The largest absolute Gasteiger partial charge is 0.377 e. The third kappa shape index (κ3) is 5.62. The molecule has 2 rings (SSSR count). The molecule has 0 unspecified atom stereocenters. The smallest absolute Gasteiger partial charge is 0.191 e. The summed E-state index contributed by atoms with van der Waals surface area (Å²) in [6.07, 6.45) is 2.70. The number of fused-ring (bicyclic) bond motifs is 1. The Bertz CT molecular complexity index is 684. The monoisotopic (exact) mass is 448 g/mol. The van der Waals surface area contributed by atoms with Crippen LogP contribution in [0.4, 0.5) is 4.39 Å². The summed E-state index contributed by atoms with van der Waals surface area (Å²) >= 11 is 0. The number of aromatic amines is 1. The molecule has 0 saturated heterocycles. The van der Waals surface area contributed by atoms with Crippen molar-refractivity contribution in [2.45, 2.75) is 25.9 Å². The van der Waals surface area contributed by atoms with E-state index in [0.29, 0.717) is 13.1 Å². The van der Waals surface area contributed by atoms with E-state index in [4.69, 9.17) is 4.74 Å². The molecule has 0 spiro atoms. The fourth-order valence-electron chi connectivity index (χ4n) is 2.26. The van der Waals surface area contributed by atoms with Crippen LogP contribution in [0.3, 0.4) is 0 Å². The van der Waals surface area contributed by atoms with Gasteiger partial charge in [-0.2, -0.15) is 0 Å². The van der Waals surface area contributed by atoms with Crippen LogP contribution < -0.4 is 10.6 Å². The third-order valence-corrected chi connectivity index (χ3v) is 3.87. The van der Waals surface area contributed by atoms with Crippen LogP contribution >= 0.6 is 24.0 Å². The number of hydrogen-bond donors (Lipinski definition) is 3. The van der Waals surface area contributed by atoms with Gasteiger partial charge in [-0.3, -0.25) is 4.99 Å². The minimum absolute atomic E-state index is 0. The predicted molar refractivity (Wildman–Crippen MR) is 108 cm³/mol. The van der Waals surface area contributed by atoms with E-state index in [1.54, 1.807) is 26.3 Å². The standard InChI is InChI=1S/C17H25FN4O.HI/c1-17(2,23-4)11-22-16(19-3)20-8-7-12-10-21-15-6-5-13(18)9-14(12)15;/h5-6,9-10,21H,7-8,11H2,1-4H3,(H2,19,20,22);1H. The molecule has 0 saturated carbocycles. The third-order valence-electron chi connectivity index (χ3n) is 3.87. The van der Waals surface area contributed by atoms with Crippen molar-refractivity contribution in [2.24, 2.45) is 4.99 Å². The van der Waals surface area contributed by atoms with Crippen LogP contribution in [0.2, 0.25) is 0 Å². The molecular formula is C17H26FIN4O. The van der Waals surface area contributed by atoms with Gasteiger partial charge in [-0.05, 0) is 44.0 Å². The lowest BCUT2D eigenvalue weighted by Crippen LogP contribution is -2.45. The number of ether oxygens (including phenoxy) is 1. The van der Waals surface area contributed by atoms with Crippen LogP contribution in [0.25, 0.3) is 10.9 Å². The number of aromatic nitrogens is 1. The van der Waals surface area contributed by atoms with Gasteiger partial charge in [-0.1, -0.05) is 0 Å². The Morgan fingerprint density at radius 2 is 2.08 bits per heavy atom. The lowest BCUT2D eigenvalue weighted by molar-refractivity contribution is 0.0268. The zero-order valence-electron chi connectivity index (χ0n) is 14.6. The van der Waals surface area contributed by atoms with Gasteiger partial charge in [0.05, 0.1) is 5.60 Å². The first-order chi connectivity index (χ1) is 10.9.